The Morgan fingerprint density at radius 2 is 1.84 bits per heavy atom. The molecule has 162 valence electrons. The van der Waals surface area contributed by atoms with Crippen molar-refractivity contribution in [2.75, 3.05) is 18.8 Å². The molecule has 10 heteroatoms. The molecule has 5 rings (SSSR count). The molecule has 3 aliphatic rings. The van der Waals surface area contributed by atoms with E-state index in [1.165, 1.54) is 16.4 Å². The van der Waals surface area contributed by atoms with E-state index in [2.05, 4.69) is 5.10 Å². The number of fused-ring (bicyclic) bond motifs is 2. The minimum atomic E-state index is -1.40. The molecule has 0 N–H and O–H groups in total. The fraction of sp³-hybridized carbons (Fsp3) is 0.381. The lowest BCUT2D eigenvalue weighted by atomic mass is 9.90. The molecule has 1 aliphatic carbocycles. The van der Waals surface area contributed by atoms with Gasteiger partial charge in [-0.25, -0.2) is 8.51 Å². The Balaban J connectivity index is 1.38. The van der Waals surface area contributed by atoms with Gasteiger partial charge < -0.3 is 4.74 Å². The molecule has 1 saturated heterocycles. The highest BCUT2D eigenvalue weighted by atomic mass is 35.5. The molecule has 1 atom stereocenters. The van der Waals surface area contributed by atoms with Crippen molar-refractivity contribution in [3.8, 4) is 0 Å². The van der Waals surface area contributed by atoms with Crippen LogP contribution in [0.3, 0.4) is 0 Å². The lowest BCUT2D eigenvalue weighted by molar-refractivity contribution is -0.111. The molecule has 0 saturated carbocycles. The number of thioether (sulfide) groups is 1. The summed E-state index contributed by atoms with van der Waals surface area (Å²) in [4.78, 5) is 26.0. The number of hydrogen-bond acceptors (Lipinski definition) is 6. The number of Topliss-reactive ketones (excluding diaryl/α,β-unsaturated/α-hetero) is 2. The molecule has 0 radical (unpaired) electrons. The van der Waals surface area contributed by atoms with Gasteiger partial charge in [0.25, 0.3) is 0 Å². The van der Waals surface area contributed by atoms with Gasteiger partial charge in [-0.15, -0.1) is 11.8 Å². The Kier molecular flexibility index (Phi) is 5.12. The van der Waals surface area contributed by atoms with Gasteiger partial charge in [0.15, 0.2) is 0 Å². The molecule has 0 amide bonds. The number of carbonyl (C=O) groups is 2. The number of ketones is 2. The SMILES string of the molecule is Cc1nn(C)c(Cl)c1S(=O)N1CCC2(CC1)CSC1=C(O2)c2ccccc2C(=O)C1=O. The van der Waals surface area contributed by atoms with E-state index in [0.717, 1.165) is 0 Å². The number of carbonyl (C=O) groups excluding carboxylic acids is 2. The van der Waals surface area contributed by atoms with E-state index >= 15 is 0 Å². The third kappa shape index (κ3) is 3.29. The van der Waals surface area contributed by atoms with Crippen molar-refractivity contribution < 1.29 is 18.5 Å². The second-order valence-electron chi connectivity index (χ2n) is 7.94. The summed E-state index contributed by atoms with van der Waals surface area (Å²) in [5.74, 6) is 0.126. The Hall–Kier alpha value is -1.94. The molecule has 1 aromatic carbocycles. The highest BCUT2D eigenvalue weighted by molar-refractivity contribution is 8.04. The summed E-state index contributed by atoms with van der Waals surface area (Å²) in [5.41, 5.74) is 1.26. The molecule has 2 aliphatic heterocycles. The molecule has 2 aromatic rings. The summed E-state index contributed by atoms with van der Waals surface area (Å²) in [6, 6.07) is 7.08. The van der Waals surface area contributed by atoms with Crippen LogP contribution in [0.4, 0.5) is 0 Å². The summed E-state index contributed by atoms with van der Waals surface area (Å²) < 4.78 is 23.0. The maximum absolute atomic E-state index is 13.2. The van der Waals surface area contributed by atoms with Gasteiger partial charge in [-0.3, -0.25) is 14.3 Å². The minimum absolute atomic E-state index is 0.386. The van der Waals surface area contributed by atoms with E-state index in [4.69, 9.17) is 16.3 Å². The van der Waals surface area contributed by atoms with E-state index in [1.54, 1.807) is 26.1 Å². The number of halogens is 1. The zero-order valence-corrected chi connectivity index (χ0v) is 19.4. The largest absolute Gasteiger partial charge is 0.484 e. The summed E-state index contributed by atoms with van der Waals surface area (Å²) in [6.45, 7) is 2.93. The van der Waals surface area contributed by atoms with Crippen LogP contribution in [0.5, 0.6) is 0 Å². The topological polar surface area (TPSA) is 81.5 Å². The third-order valence-corrected chi connectivity index (χ3v) is 9.52. The quantitative estimate of drug-likeness (QED) is 0.618. The first kappa shape index (κ1) is 20.9. The maximum atomic E-state index is 13.2. The van der Waals surface area contributed by atoms with E-state index in [-0.39, 0.29) is 0 Å². The average molecular weight is 478 g/mol. The second kappa shape index (κ2) is 7.58. The van der Waals surface area contributed by atoms with Crippen LogP contribution in [-0.2, 0) is 27.6 Å². The van der Waals surface area contributed by atoms with Crippen LogP contribution in [0.15, 0.2) is 34.1 Å². The van der Waals surface area contributed by atoms with Crippen LogP contribution in [0.25, 0.3) is 5.76 Å². The van der Waals surface area contributed by atoms with Gasteiger partial charge >= 0.3 is 0 Å². The van der Waals surface area contributed by atoms with Gasteiger partial charge in [0, 0.05) is 49.9 Å². The van der Waals surface area contributed by atoms with Crippen LogP contribution in [0, 0.1) is 6.92 Å². The first-order valence-corrected chi connectivity index (χ1v) is 12.4. The van der Waals surface area contributed by atoms with Gasteiger partial charge in [-0.05, 0) is 6.92 Å². The standard InChI is InChI=1S/C21H20ClN3O4S2/c1-12-19(20(22)24(2)23-12)31(28)25-9-7-21(8-10-25)11-30-18-16(27)15(26)13-5-3-4-6-14(13)17(18)29-21/h3-6H,7-11H2,1-2H3. The van der Waals surface area contributed by atoms with Crippen molar-refractivity contribution in [2.24, 2.45) is 7.05 Å². The molecular formula is C21H20ClN3O4S2. The van der Waals surface area contributed by atoms with Gasteiger partial charge in [0.2, 0.25) is 11.6 Å². The molecule has 1 unspecified atom stereocenters. The Morgan fingerprint density at radius 1 is 1.16 bits per heavy atom. The summed E-state index contributed by atoms with van der Waals surface area (Å²) in [5, 5.41) is 4.65. The first-order chi connectivity index (χ1) is 14.8. The second-order valence-corrected chi connectivity index (χ2v) is 10.7. The van der Waals surface area contributed by atoms with E-state index in [9.17, 15) is 13.8 Å². The number of aromatic nitrogens is 2. The number of benzene rings is 1. The van der Waals surface area contributed by atoms with Crippen molar-refractivity contribution in [3.05, 3.63) is 51.1 Å². The highest BCUT2D eigenvalue weighted by Crippen LogP contribution is 2.47. The van der Waals surface area contributed by atoms with E-state index in [1.807, 2.05) is 16.4 Å². The number of ether oxygens (including phenoxy) is 1. The summed E-state index contributed by atoms with van der Waals surface area (Å²) in [7, 11) is 0.327. The number of nitrogens with zero attached hydrogens (tertiary/aromatic N) is 3. The number of hydrogen-bond donors (Lipinski definition) is 0. The third-order valence-electron chi connectivity index (χ3n) is 5.98. The molecule has 1 fully saturated rings. The molecular weight excluding hydrogens is 458 g/mol. The first-order valence-electron chi connectivity index (χ1n) is 9.92. The van der Waals surface area contributed by atoms with Gasteiger partial charge in [-0.2, -0.15) is 5.10 Å². The number of rotatable bonds is 2. The van der Waals surface area contributed by atoms with Crippen molar-refractivity contribution >= 4 is 51.7 Å². The predicted molar refractivity (Wildman–Crippen MR) is 119 cm³/mol. The van der Waals surface area contributed by atoms with Crippen LogP contribution < -0.4 is 0 Å². The molecule has 3 heterocycles. The summed E-state index contributed by atoms with van der Waals surface area (Å²) in [6.07, 6.45) is 1.31. The molecule has 1 aromatic heterocycles. The highest BCUT2D eigenvalue weighted by Gasteiger charge is 2.46. The number of allylic oxidation sites excluding steroid dienone is 1. The van der Waals surface area contributed by atoms with Crippen molar-refractivity contribution in [2.45, 2.75) is 30.3 Å². The predicted octanol–water partition coefficient (Wildman–Crippen LogP) is 3.14. The minimum Gasteiger partial charge on any atom is -0.484 e. The number of aryl methyl sites for hydroxylation is 2. The number of piperidine rings is 1. The van der Waals surface area contributed by atoms with E-state index < -0.39 is 28.2 Å². The van der Waals surface area contributed by atoms with Gasteiger partial charge in [0.05, 0.1) is 5.69 Å². The Labute approximate surface area is 191 Å². The van der Waals surface area contributed by atoms with Crippen molar-refractivity contribution in [3.63, 3.8) is 0 Å². The maximum Gasteiger partial charge on any atom is 0.243 e. The molecule has 1 spiro atoms. The Morgan fingerprint density at radius 3 is 2.48 bits per heavy atom. The van der Waals surface area contributed by atoms with Crippen molar-refractivity contribution in [1.82, 2.24) is 14.1 Å². The molecule has 0 bridgehead atoms. The molecule has 31 heavy (non-hydrogen) atoms. The zero-order valence-electron chi connectivity index (χ0n) is 17.0. The van der Waals surface area contributed by atoms with Gasteiger partial charge in [-0.1, -0.05) is 35.9 Å². The van der Waals surface area contributed by atoms with Crippen LogP contribution in [-0.4, -0.2) is 54.3 Å². The lowest BCUT2D eigenvalue weighted by Crippen LogP contribution is -2.49. The monoisotopic (exact) mass is 477 g/mol. The summed E-state index contributed by atoms with van der Waals surface area (Å²) >= 11 is 7.70. The fourth-order valence-electron chi connectivity index (χ4n) is 4.26. The van der Waals surface area contributed by atoms with E-state index in [0.29, 0.717) is 69.2 Å². The van der Waals surface area contributed by atoms with Crippen LogP contribution in [0.1, 0.15) is 34.5 Å². The zero-order chi connectivity index (χ0) is 21.9. The smallest absolute Gasteiger partial charge is 0.243 e. The molecule has 7 nitrogen and oxygen atoms in total. The normalized spacial score (nSPS) is 21.6. The van der Waals surface area contributed by atoms with Crippen LogP contribution in [0.2, 0.25) is 5.15 Å². The van der Waals surface area contributed by atoms with Gasteiger partial charge in [0.1, 0.15) is 37.3 Å². The lowest BCUT2D eigenvalue weighted by Gasteiger charge is -2.44. The Bertz CT molecular complexity index is 1180. The van der Waals surface area contributed by atoms with Crippen LogP contribution >= 0.6 is 23.4 Å². The van der Waals surface area contributed by atoms with Crippen molar-refractivity contribution in [1.29, 1.82) is 0 Å². The fourth-order valence-corrected chi connectivity index (χ4v) is 7.23. The average Bonchev–Trinajstić information content (AvgIpc) is 3.03.